The molecule has 98 valence electrons. The number of fused-ring (bicyclic) bond motifs is 1. The zero-order chi connectivity index (χ0) is 13.0. The highest BCUT2D eigenvalue weighted by Crippen LogP contribution is 2.10. The predicted molar refractivity (Wildman–Crippen MR) is 69.4 cm³/mol. The minimum absolute atomic E-state index is 0.383. The molecular weight excluding hydrogens is 230 g/mol. The average molecular weight is 249 g/mol. The molecule has 2 heterocycles. The van der Waals surface area contributed by atoms with Crippen LogP contribution in [0.5, 0.6) is 0 Å². The standard InChI is InChI=1S/C12H19N5O/c1-3-5-9-8-11-14-10(6-7-18-4-2)15-12(13)17(11)16-9/h8H,3-7H2,1-2H3,(H2,13,14,15). The lowest BCUT2D eigenvalue weighted by Crippen LogP contribution is -2.09. The zero-order valence-corrected chi connectivity index (χ0v) is 10.9. The SMILES string of the molecule is CCCc1cc2nc(CCOCC)nc(N)n2n1. The first-order valence-corrected chi connectivity index (χ1v) is 6.33. The van der Waals surface area contributed by atoms with Crippen LogP contribution in [0.2, 0.25) is 0 Å². The second kappa shape index (κ2) is 5.77. The van der Waals surface area contributed by atoms with Crippen LogP contribution in [0.15, 0.2) is 6.07 Å². The highest BCUT2D eigenvalue weighted by atomic mass is 16.5. The molecule has 0 fully saturated rings. The lowest BCUT2D eigenvalue weighted by atomic mass is 10.2. The van der Waals surface area contributed by atoms with E-state index in [-0.39, 0.29) is 0 Å². The van der Waals surface area contributed by atoms with E-state index in [1.54, 1.807) is 4.52 Å². The third-order valence-electron chi connectivity index (χ3n) is 2.63. The van der Waals surface area contributed by atoms with E-state index >= 15 is 0 Å². The van der Waals surface area contributed by atoms with Crippen molar-refractivity contribution in [3.63, 3.8) is 0 Å². The monoisotopic (exact) mass is 249 g/mol. The molecule has 0 saturated heterocycles. The van der Waals surface area contributed by atoms with Crippen molar-refractivity contribution in [3.05, 3.63) is 17.6 Å². The molecule has 0 aliphatic rings. The van der Waals surface area contributed by atoms with Gasteiger partial charge < -0.3 is 10.5 Å². The van der Waals surface area contributed by atoms with Crippen LogP contribution in [0.4, 0.5) is 5.95 Å². The molecule has 0 unspecified atom stereocenters. The first kappa shape index (κ1) is 12.8. The molecule has 0 spiro atoms. The molecule has 0 bridgehead atoms. The minimum Gasteiger partial charge on any atom is -0.381 e. The molecule has 2 rings (SSSR count). The van der Waals surface area contributed by atoms with Crippen molar-refractivity contribution >= 4 is 11.6 Å². The summed E-state index contributed by atoms with van der Waals surface area (Å²) in [5, 5.41) is 4.37. The lowest BCUT2D eigenvalue weighted by molar-refractivity contribution is 0.149. The zero-order valence-electron chi connectivity index (χ0n) is 10.9. The summed E-state index contributed by atoms with van der Waals surface area (Å²) in [4.78, 5) is 8.67. The molecule has 0 aromatic carbocycles. The fourth-order valence-electron chi connectivity index (χ4n) is 1.80. The van der Waals surface area contributed by atoms with Gasteiger partial charge in [0, 0.05) is 19.1 Å². The molecule has 18 heavy (non-hydrogen) atoms. The summed E-state index contributed by atoms with van der Waals surface area (Å²) in [6.07, 6.45) is 2.65. The van der Waals surface area contributed by atoms with E-state index in [0.717, 1.165) is 24.2 Å². The van der Waals surface area contributed by atoms with Crippen molar-refractivity contribution in [2.45, 2.75) is 33.1 Å². The maximum atomic E-state index is 5.88. The van der Waals surface area contributed by atoms with Gasteiger partial charge in [0.2, 0.25) is 5.95 Å². The van der Waals surface area contributed by atoms with Gasteiger partial charge in [-0.25, -0.2) is 4.98 Å². The van der Waals surface area contributed by atoms with E-state index in [9.17, 15) is 0 Å². The Labute approximate surface area is 106 Å². The number of aromatic nitrogens is 4. The molecule has 6 nitrogen and oxygen atoms in total. The van der Waals surface area contributed by atoms with Crippen molar-refractivity contribution in [3.8, 4) is 0 Å². The van der Waals surface area contributed by atoms with Crippen molar-refractivity contribution in [2.75, 3.05) is 18.9 Å². The summed E-state index contributed by atoms with van der Waals surface area (Å²) in [7, 11) is 0. The maximum absolute atomic E-state index is 5.88. The molecule has 0 saturated carbocycles. The molecule has 0 radical (unpaired) electrons. The van der Waals surface area contributed by atoms with Crippen LogP contribution in [0, 0.1) is 0 Å². The molecule has 2 aromatic heterocycles. The Morgan fingerprint density at radius 1 is 1.28 bits per heavy atom. The van der Waals surface area contributed by atoms with Crippen LogP contribution >= 0.6 is 0 Å². The summed E-state index contributed by atoms with van der Waals surface area (Å²) in [5.74, 6) is 1.09. The summed E-state index contributed by atoms with van der Waals surface area (Å²) in [6.45, 7) is 5.39. The quantitative estimate of drug-likeness (QED) is 0.779. The van der Waals surface area contributed by atoms with E-state index < -0.39 is 0 Å². The van der Waals surface area contributed by atoms with Crippen molar-refractivity contribution in [2.24, 2.45) is 0 Å². The number of hydrogen-bond acceptors (Lipinski definition) is 5. The van der Waals surface area contributed by atoms with Crippen LogP contribution in [0.3, 0.4) is 0 Å². The molecule has 2 N–H and O–H groups in total. The Balaban J connectivity index is 2.24. The van der Waals surface area contributed by atoms with Gasteiger partial charge in [0.25, 0.3) is 0 Å². The largest absolute Gasteiger partial charge is 0.381 e. The molecule has 2 aromatic rings. The lowest BCUT2D eigenvalue weighted by Gasteiger charge is -2.03. The van der Waals surface area contributed by atoms with Crippen LogP contribution in [0.25, 0.3) is 5.65 Å². The second-order valence-corrected chi connectivity index (χ2v) is 4.10. The van der Waals surface area contributed by atoms with Crippen LogP contribution in [-0.2, 0) is 17.6 Å². The Morgan fingerprint density at radius 2 is 2.11 bits per heavy atom. The first-order valence-electron chi connectivity index (χ1n) is 6.33. The van der Waals surface area contributed by atoms with Gasteiger partial charge in [-0.15, -0.1) is 0 Å². The fraction of sp³-hybridized carbons (Fsp3) is 0.583. The van der Waals surface area contributed by atoms with Crippen LogP contribution in [-0.4, -0.2) is 32.8 Å². The second-order valence-electron chi connectivity index (χ2n) is 4.10. The van der Waals surface area contributed by atoms with Gasteiger partial charge >= 0.3 is 0 Å². The number of nitrogens with two attached hydrogens (primary N) is 1. The third kappa shape index (κ3) is 2.76. The average Bonchev–Trinajstić information content (AvgIpc) is 2.73. The van der Waals surface area contributed by atoms with Gasteiger partial charge in [-0.1, -0.05) is 13.3 Å². The van der Waals surface area contributed by atoms with E-state index in [2.05, 4.69) is 22.0 Å². The van der Waals surface area contributed by atoms with Gasteiger partial charge in [0.1, 0.15) is 5.82 Å². The van der Waals surface area contributed by atoms with Gasteiger partial charge in [-0.3, -0.25) is 0 Å². The molecule has 0 amide bonds. The van der Waals surface area contributed by atoms with E-state index in [1.165, 1.54) is 0 Å². The molecule has 0 aliphatic carbocycles. The summed E-state index contributed by atoms with van der Waals surface area (Å²) >= 11 is 0. The molecule has 0 atom stereocenters. The Kier molecular flexibility index (Phi) is 4.09. The van der Waals surface area contributed by atoms with Crippen LogP contribution < -0.4 is 5.73 Å². The summed E-state index contributed by atoms with van der Waals surface area (Å²) in [5.41, 5.74) is 7.64. The minimum atomic E-state index is 0.383. The maximum Gasteiger partial charge on any atom is 0.224 e. The molecule has 6 heteroatoms. The number of rotatable bonds is 6. The summed E-state index contributed by atoms with van der Waals surface area (Å²) < 4.78 is 6.88. The highest BCUT2D eigenvalue weighted by Gasteiger charge is 2.08. The van der Waals surface area contributed by atoms with Crippen molar-refractivity contribution < 1.29 is 4.74 Å². The molecule has 0 aliphatic heterocycles. The Hall–Kier alpha value is -1.69. The normalized spacial score (nSPS) is 11.2. The molecular formula is C12H19N5O. The fourth-order valence-corrected chi connectivity index (χ4v) is 1.80. The Morgan fingerprint density at radius 3 is 2.83 bits per heavy atom. The smallest absolute Gasteiger partial charge is 0.224 e. The predicted octanol–water partition coefficient (Wildman–Crippen LogP) is 1.24. The van der Waals surface area contributed by atoms with Gasteiger partial charge in [0.15, 0.2) is 5.65 Å². The number of anilines is 1. The van der Waals surface area contributed by atoms with E-state index in [1.807, 2.05) is 13.0 Å². The number of hydrogen-bond donors (Lipinski definition) is 1. The topological polar surface area (TPSA) is 78.3 Å². The van der Waals surface area contributed by atoms with Gasteiger partial charge in [0.05, 0.1) is 12.3 Å². The number of nitrogen functional groups attached to an aromatic ring is 1. The van der Waals surface area contributed by atoms with Crippen molar-refractivity contribution in [1.82, 2.24) is 19.6 Å². The number of ether oxygens (including phenoxy) is 1. The van der Waals surface area contributed by atoms with Gasteiger partial charge in [-0.2, -0.15) is 14.6 Å². The first-order chi connectivity index (χ1) is 8.74. The van der Waals surface area contributed by atoms with Gasteiger partial charge in [-0.05, 0) is 13.3 Å². The Bertz CT molecular complexity index is 522. The highest BCUT2D eigenvalue weighted by molar-refractivity contribution is 5.44. The van der Waals surface area contributed by atoms with E-state index in [4.69, 9.17) is 10.5 Å². The van der Waals surface area contributed by atoms with E-state index in [0.29, 0.717) is 31.4 Å². The van der Waals surface area contributed by atoms with Crippen LogP contribution in [0.1, 0.15) is 31.8 Å². The number of aryl methyl sites for hydroxylation is 1. The van der Waals surface area contributed by atoms with Crippen molar-refractivity contribution in [1.29, 1.82) is 0 Å². The summed E-state index contributed by atoms with van der Waals surface area (Å²) in [6, 6.07) is 1.96. The number of nitrogens with zero attached hydrogens (tertiary/aromatic N) is 4. The third-order valence-corrected chi connectivity index (χ3v) is 2.63.